The molecule has 0 unspecified atom stereocenters. The summed E-state index contributed by atoms with van der Waals surface area (Å²) in [4.78, 5) is 11.0. The van der Waals surface area contributed by atoms with Crippen molar-refractivity contribution < 1.29 is 9.90 Å². The van der Waals surface area contributed by atoms with Gasteiger partial charge >= 0.3 is 5.97 Å². The van der Waals surface area contributed by atoms with Crippen LogP contribution in [0.25, 0.3) is 11.0 Å². The van der Waals surface area contributed by atoms with Gasteiger partial charge in [0, 0.05) is 6.54 Å². The van der Waals surface area contributed by atoms with Gasteiger partial charge in [-0.25, -0.2) is 9.48 Å². The van der Waals surface area contributed by atoms with Gasteiger partial charge in [0.2, 0.25) is 0 Å². The fourth-order valence-electron chi connectivity index (χ4n) is 1.64. The summed E-state index contributed by atoms with van der Waals surface area (Å²) in [6.45, 7) is 4.89. The van der Waals surface area contributed by atoms with E-state index in [1.165, 1.54) is 0 Å². The molecule has 16 heavy (non-hydrogen) atoms. The van der Waals surface area contributed by atoms with Crippen LogP contribution >= 0.6 is 0 Å². The van der Waals surface area contributed by atoms with Gasteiger partial charge < -0.3 is 5.11 Å². The summed E-state index contributed by atoms with van der Waals surface area (Å²) in [5.41, 5.74) is 1.43. The molecule has 0 spiro atoms. The van der Waals surface area contributed by atoms with E-state index in [4.69, 9.17) is 5.11 Å². The first-order chi connectivity index (χ1) is 7.59. The number of hydrogen-bond donors (Lipinski definition) is 1. The van der Waals surface area contributed by atoms with Crippen LogP contribution in [0, 0.1) is 5.92 Å². The minimum Gasteiger partial charge on any atom is -0.478 e. The van der Waals surface area contributed by atoms with Gasteiger partial charge in [-0.15, -0.1) is 5.10 Å². The predicted molar refractivity (Wildman–Crippen MR) is 59.3 cm³/mol. The molecule has 0 aliphatic carbocycles. The zero-order chi connectivity index (χ0) is 11.7. The van der Waals surface area contributed by atoms with Gasteiger partial charge in [0.05, 0.1) is 11.1 Å². The molecule has 5 nitrogen and oxygen atoms in total. The Morgan fingerprint density at radius 2 is 2.25 bits per heavy atom. The molecule has 84 valence electrons. The summed E-state index contributed by atoms with van der Waals surface area (Å²) < 4.78 is 1.74. The molecule has 0 saturated carbocycles. The Balaban J connectivity index is 2.57. The lowest BCUT2D eigenvalue weighted by molar-refractivity contribution is 0.0699. The van der Waals surface area contributed by atoms with Crippen LogP contribution < -0.4 is 0 Å². The average molecular weight is 219 g/mol. The van der Waals surface area contributed by atoms with Crippen molar-refractivity contribution in [2.24, 2.45) is 5.92 Å². The van der Waals surface area contributed by atoms with Crippen LogP contribution in [0.1, 0.15) is 24.2 Å². The van der Waals surface area contributed by atoms with E-state index in [1.807, 2.05) is 6.07 Å². The van der Waals surface area contributed by atoms with Crippen molar-refractivity contribution in [1.82, 2.24) is 15.0 Å². The molecule has 2 rings (SSSR count). The third-order valence-electron chi connectivity index (χ3n) is 2.31. The van der Waals surface area contributed by atoms with Crippen LogP contribution in [0.4, 0.5) is 0 Å². The van der Waals surface area contributed by atoms with Crippen molar-refractivity contribution in [1.29, 1.82) is 0 Å². The number of benzene rings is 1. The summed E-state index contributed by atoms with van der Waals surface area (Å²) in [6.07, 6.45) is 0. The molecule has 1 heterocycles. The van der Waals surface area contributed by atoms with Crippen molar-refractivity contribution in [2.75, 3.05) is 0 Å². The van der Waals surface area contributed by atoms with Crippen molar-refractivity contribution in [3.05, 3.63) is 23.8 Å². The molecule has 0 aliphatic heterocycles. The van der Waals surface area contributed by atoms with Gasteiger partial charge in [-0.3, -0.25) is 0 Å². The fourth-order valence-corrected chi connectivity index (χ4v) is 1.64. The average Bonchev–Trinajstić information content (AvgIpc) is 2.60. The topological polar surface area (TPSA) is 68.0 Å². The van der Waals surface area contributed by atoms with Crippen LogP contribution in [-0.2, 0) is 6.54 Å². The quantitative estimate of drug-likeness (QED) is 0.854. The van der Waals surface area contributed by atoms with Crippen LogP contribution in [0.3, 0.4) is 0 Å². The van der Waals surface area contributed by atoms with Crippen LogP contribution in [0.2, 0.25) is 0 Å². The number of rotatable bonds is 3. The molecule has 2 aromatic rings. The summed E-state index contributed by atoms with van der Waals surface area (Å²) >= 11 is 0. The molecular formula is C11H13N3O2. The number of carboxylic acids is 1. The maximum atomic E-state index is 11.0. The molecule has 5 heteroatoms. The van der Waals surface area contributed by atoms with E-state index in [9.17, 15) is 4.79 Å². The highest BCUT2D eigenvalue weighted by atomic mass is 16.4. The maximum Gasteiger partial charge on any atom is 0.338 e. The number of hydrogen-bond acceptors (Lipinski definition) is 3. The second kappa shape index (κ2) is 3.92. The zero-order valence-electron chi connectivity index (χ0n) is 9.21. The van der Waals surface area contributed by atoms with E-state index >= 15 is 0 Å². The minimum atomic E-state index is -0.970. The second-order valence-electron chi connectivity index (χ2n) is 4.14. The Labute approximate surface area is 92.7 Å². The lowest BCUT2D eigenvalue weighted by atomic mass is 10.2. The Bertz CT molecular complexity index is 531. The SMILES string of the molecule is CC(C)Cn1nnc2c(C(=O)O)cccc21. The van der Waals surface area contributed by atoms with Gasteiger partial charge in [-0.1, -0.05) is 25.1 Å². The first kappa shape index (κ1) is 10.6. The van der Waals surface area contributed by atoms with E-state index in [-0.39, 0.29) is 5.56 Å². The highest BCUT2D eigenvalue weighted by molar-refractivity contribution is 6.00. The van der Waals surface area contributed by atoms with Crippen LogP contribution in [-0.4, -0.2) is 26.1 Å². The van der Waals surface area contributed by atoms with E-state index in [0.717, 1.165) is 12.1 Å². The zero-order valence-corrected chi connectivity index (χ0v) is 9.21. The van der Waals surface area contributed by atoms with E-state index in [2.05, 4.69) is 24.2 Å². The van der Waals surface area contributed by atoms with Gasteiger partial charge in [0.1, 0.15) is 5.52 Å². The molecule has 0 fully saturated rings. The van der Waals surface area contributed by atoms with Gasteiger partial charge in [-0.2, -0.15) is 0 Å². The smallest absolute Gasteiger partial charge is 0.338 e. The maximum absolute atomic E-state index is 11.0. The first-order valence-electron chi connectivity index (χ1n) is 5.15. The van der Waals surface area contributed by atoms with Gasteiger partial charge in [-0.05, 0) is 18.1 Å². The summed E-state index contributed by atoms with van der Waals surface area (Å²) in [7, 11) is 0. The molecular weight excluding hydrogens is 206 g/mol. The van der Waals surface area contributed by atoms with Crippen molar-refractivity contribution in [2.45, 2.75) is 20.4 Å². The van der Waals surface area contributed by atoms with Gasteiger partial charge in [0.25, 0.3) is 0 Å². The number of carboxylic acid groups (broad SMARTS) is 1. The molecule has 1 N–H and O–H groups in total. The third kappa shape index (κ3) is 1.76. The highest BCUT2D eigenvalue weighted by Gasteiger charge is 2.13. The second-order valence-corrected chi connectivity index (χ2v) is 4.14. The van der Waals surface area contributed by atoms with Crippen molar-refractivity contribution >= 4 is 17.0 Å². The Hall–Kier alpha value is -1.91. The minimum absolute atomic E-state index is 0.201. The number of nitrogens with zero attached hydrogens (tertiary/aromatic N) is 3. The molecule has 1 aromatic carbocycles. The van der Waals surface area contributed by atoms with Gasteiger partial charge in [0.15, 0.2) is 0 Å². The number of fused-ring (bicyclic) bond motifs is 1. The van der Waals surface area contributed by atoms with Crippen molar-refractivity contribution in [3.8, 4) is 0 Å². The summed E-state index contributed by atoms with van der Waals surface area (Å²) in [5.74, 6) is -0.527. The third-order valence-corrected chi connectivity index (χ3v) is 2.31. The predicted octanol–water partition coefficient (Wildman–Crippen LogP) is 1.79. The largest absolute Gasteiger partial charge is 0.478 e. The Morgan fingerprint density at radius 1 is 1.50 bits per heavy atom. The number of aromatic nitrogens is 3. The Kier molecular flexibility index (Phi) is 2.60. The molecule has 0 bridgehead atoms. The molecule has 0 amide bonds. The molecule has 0 radical (unpaired) electrons. The molecule has 0 aliphatic rings. The normalized spacial score (nSPS) is 11.2. The molecule has 0 saturated heterocycles. The molecule has 1 aromatic heterocycles. The fraction of sp³-hybridized carbons (Fsp3) is 0.364. The van der Waals surface area contributed by atoms with Crippen LogP contribution in [0.15, 0.2) is 18.2 Å². The number of aromatic carboxylic acids is 1. The van der Waals surface area contributed by atoms with Crippen molar-refractivity contribution in [3.63, 3.8) is 0 Å². The lowest BCUT2D eigenvalue weighted by Gasteiger charge is -2.04. The molecule has 0 atom stereocenters. The lowest BCUT2D eigenvalue weighted by Crippen LogP contribution is -2.06. The number of carbonyl (C=O) groups is 1. The Morgan fingerprint density at radius 3 is 2.88 bits per heavy atom. The summed E-state index contributed by atoms with van der Waals surface area (Å²) in [6, 6.07) is 5.09. The van der Waals surface area contributed by atoms with E-state index in [0.29, 0.717) is 11.4 Å². The monoisotopic (exact) mass is 219 g/mol. The van der Waals surface area contributed by atoms with E-state index in [1.54, 1.807) is 16.8 Å². The van der Waals surface area contributed by atoms with Crippen LogP contribution in [0.5, 0.6) is 0 Å². The first-order valence-corrected chi connectivity index (χ1v) is 5.15. The highest BCUT2D eigenvalue weighted by Crippen LogP contribution is 2.16. The summed E-state index contributed by atoms with van der Waals surface area (Å²) in [5, 5.41) is 16.9. The van der Waals surface area contributed by atoms with E-state index < -0.39 is 5.97 Å². The standard InChI is InChI=1S/C11H13N3O2/c1-7(2)6-14-9-5-3-4-8(11(15)16)10(9)12-13-14/h3-5,7H,6H2,1-2H3,(H,15,16).